The van der Waals surface area contributed by atoms with Crippen LogP contribution in [0.1, 0.15) is 21.5 Å². The van der Waals surface area contributed by atoms with Crippen molar-refractivity contribution in [2.24, 2.45) is 0 Å². The summed E-state index contributed by atoms with van der Waals surface area (Å²) in [7, 11) is 0. The van der Waals surface area contributed by atoms with E-state index in [-0.39, 0.29) is 5.97 Å². The number of carbonyl (C=O) groups excluding carboxylic acids is 1. The lowest BCUT2D eigenvalue weighted by Gasteiger charge is -2.06. The zero-order valence-electron chi connectivity index (χ0n) is 12.1. The Morgan fingerprint density at radius 2 is 2.00 bits per heavy atom. The van der Waals surface area contributed by atoms with Gasteiger partial charge in [0.15, 0.2) is 0 Å². The molecule has 1 heterocycles. The Morgan fingerprint density at radius 1 is 1.18 bits per heavy atom. The predicted octanol–water partition coefficient (Wildman–Crippen LogP) is 2.85. The van der Waals surface area contributed by atoms with Gasteiger partial charge in [0.25, 0.3) is 0 Å². The second-order valence-electron chi connectivity index (χ2n) is 5.00. The maximum atomic E-state index is 12.1. The highest BCUT2D eigenvalue weighted by Crippen LogP contribution is 2.15. The fourth-order valence-electron chi connectivity index (χ4n) is 2.09. The maximum Gasteiger partial charge on any atom is 0.343 e. The first-order valence-corrected chi connectivity index (χ1v) is 6.91. The summed E-state index contributed by atoms with van der Waals surface area (Å²) in [4.78, 5) is 16.0. The standard InChI is InChI=1S/C17H15N3O2/c1-13-3-2-4-16(9-13)22-17(21)15-7-5-14(6-8-15)10-20-12-18-11-19-20/h2-9,11-12H,10H2,1H3. The van der Waals surface area contributed by atoms with Crippen molar-refractivity contribution in [3.8, 4) is 5.75 Å². The smallest absolute Gasteiger partial charge is 0.343 e. The van der Waals surface area contributed by atoms with Gasteiger partial charge in [-0.15, -0.1) is 0 Å². The molecule has 0 aliphatic carbocycles. The Hall–Kier alpha value is -2.95. The minimum atomic E-state index is -0.363. The Morgan fingerprint density at radius 3 is 2.68 bits per heavy atom. The van der Waals surface area contributed by atoms with E-state index in [9.17, 15) is 4.79 Å². The summed E-state index contributed by atoms with van der Waals surface area (Å²) in [6.07, 6.45) is 3.15. The van der Waals surface area contributed by atoms with Crippen LogP contribution >= 0.6 is 0 Å². The summed E-state index contributed by atoms with van der Waals surface area (Å²) in [5.74, 6) is 0.189. The topological polar surface area (TPSA) is 57.0 Å². The highest BCUT2D eigenvalue weighted by Gasteiger charge is 2.08. The lowest BCUT2D eigenvalue weighted by molar-refractivity contribution is 0.0734. The van der Waals surface area contributed by atoms with E-state index < -0.39 is 0 Å². The van der Waals surface area contributed by atoms with Gasteiger partial charge in [-0.2, -0.15) is 5.10 Å². The lowest BCUT2D eigenvalue weighted by atomic mass is 10.1. The molecule has 0 fully saturated rings. The number of hydrogen-bond acceptors (Lipinski definition) is 4. The molecule has 0 aliphatic rings. The van der Waals surface area contributed by atoms with Crippen LogP contribution in [0.5, 0.6) is 5.75 Å². The highest BCUT2D eigenvalue weighted by atomic mass is 16.5. The van der Waals surface area contributed by atoms with Crippen LogP contribution in [0.4, 0.5) is 0 Å². The maximum absolute atomic E-state index is 12.1. The zero-order chi connectivity index (χ0) is 15.4. The number of aryl methyl sites for hydroxylation is 1. The van der Waals surface area contributed by atoms with Gasteiger partial charge >= 0.3 is 5.97 Å². The van der Waals surface area contributed by atoms with Crippen molar-refractivity contribution in [3.63, 3.8) is 0 Å². The van der Waals surface area contributed by atoms with E-state index in [1.54, 1.807) is 29.2 Å². The first-order valence-electron chi connectivity index (χ1n) is 6.91. The molecule has 0 spiro atoms. The molecular formula is C17H15N3O2. The number of rotatable bonds is 4. The van der Waals surface area contributed by atoms with Gasteiger partial charge in [0.05, 0.1) is 12.1 Å². The van der Waals surface area contributed by atoms with Gasteiger partial charge in [0, 0.05) is 0 Å². The molecule has 3 aromatic rings. The summed E-state index contributed by atoms with van der Waals surface area (Å²) in [6.45, 7) is 2.57. The van der Waals surface area contributed by atoms with E-state index in [1.807, 2.05) is 37.3 Å². The van der Waals surface area contributed by atoms with Crippen LogP contribution in [0.3, 0.4) is 0 Å². The van der Waals surface area contributed by atoms with Crippen molar-refractivity contribution in [3.05, 3.63) is 77.9 Å². The second kappa shape index (κ2) is 6.22. The van der Waals surface area contributed by atoms with Crippen LogP contribution in [0.15, 0.2) is 61.2 Å². The third-order valence-corrected chi connectivity index (χ3v) is 3.20. The third kappa shape index (κ3) is 3.38. The molecule has 5 heteroatoms. The zero-order valence-corrected chi connectivity index (χ0v) is 12.1. The minimum Gasteiger partial charge on any atom is -0.423 e. The number of aromatic nitrogens is 3. The molecular weight excluding hydrogens is 278 g/mol. The molecule has 3 rings (SSSR count). The molecule has 0 saturated heterocycles. The molecule has 5 nitrogen and oxygen atoms in total. The van der Waals surface area contributed by atoms with Gasteiger partial charge in [0.1, 0.15) is 18.4 Å². The Balaban J connectivity index is 1.68. The fourth-order valence-corrected chi connectivity index (χ4v) is 2.09. The Kier molecular flexibility index (Phi) is 3.96. The van der Waals surface area contributed by atoms with Gasteiger partial charge in [-0.3, -0.25) is 0 Å². The summed E-state index contributed by atoms with van der Waals surface area (Å²) in [5, 5.41) is 4.05. The number of hydrogen-bond donors (Lipinski definition) is 0. The van der Waals surface area contributed by atoms with E-state index in [4.69, 9.17) is 4.74 Å². The van der Waals surface area contributed by atoms with Crippen molar-refractivity contribution in [2.45, 2.75) is 13.5 Å². The van der Waals surface area contributed by atoms with Gasteiger partial charge in [-0.1, -0.05) is 24.3 Å². The van der Waals surface area contributed by atoms with Crippen LogP contribution < -0.4 is 4.74 Å². The van der Waals surface area contributed by atoms with Crippen molar-refractivity contribution >= 4 is 5.97 Å². The first kappa shape index (κ1) is 14.0. The lowest BCUT2D eigenvalue weighted by Crippen LogP contribution is -2.09. The quantitative estimate of drug-likeness (QED) is 0.548. The van der Waals surface area contributed by atoms with Crippen LogP contribution in [-0.4, -0.2) is 20.7 Å². The van der Waals surface area contributed by atoms with Crippen LogP contribution in [0.25, 0.3) is 0 Å². The minimum absolute atomic E-state index is 0.363. The van der Waals surface area contributed by atoms with E-state index in [0.717, 1.165) is 11.1 Å². The molecule has 1 aromatic heterocycles. The van der Waals surface area contributed by atoms with Crippen molar-refractivity contribution in [1.82, 2.24) is 14.8 Å². The van der Waals surface area contributed by atoms with E-state index in [0.29, 0.717) is 17.9 Å². The highest BCUT2D eigenvalue weighted by molar-refractivity contribution is 5.91. The molecule has 2 aromatic carbocycles. The molecule has 0 N–H and O–H groups in total. The summed E-state index contributed by atoms with van der Waals surface area (Å²) >= 11 is 0. The largest absolute Gasteiger partial charge is 0.423 e. The fraction of sp³-hybridized carbons (Fsp3) is 0.118. The SMILES string of the molecule is Cc1cccc(OC(=O)c2ccc(Cn3cncn3)cc2)c1. The molecule has 0 amide bonds. The normalized spacial score (nSPS) is 10.4. The Bertz CT molecular complexity index is 765. The van der Waals surface area contributed by atoms with E-state index in [2.05, 4.69) is 10.1 Å². The van der Waals surface area contributed by atoms with Crippen LogP contribution in [-0.2, 0) is 6.54 Å². The molecule has 0 aliphatic heterocycles. The van der Waals surface area contributed by atoms with E-state index >= 15 is 0 Å². The monoisotopic (exact) mass is 293 g/mol. The summed E-state index contributed by atoms with van der Waals surface area (Å²) in [6, 6.07) is 14.7. The van der Waals surface area contributed by atoms with Gasteiger partial charge < -0.3 is 4.74 Å². The van der Waals surface area contributed by atoms with Gasteiger partial charge in [-0.25, -0.2) is 14.5 Å². The van der Waals surface area contributed by atoms with Crippen molar-refractivity contribution in [1.29, 1.82) is 0 Å². The van der Waals surface area contributed by atoms with Gasteiger partial charge in [-0.05, 0) is 42.3 Å². The third-order valence-electron chi connectivity index (χ3n) is 3.20. The molecule has 0 radical (unpaired) electrons. The van der Waals surface area contributed by atoms with Gasteiger partial charge in [0.2, 0.25) is 0 Å². The summed E-state index contributed by atoms with van der Waals surface area (Å²) < 4.78 is 7.08. The number of nitrogens with zero attached hydrogens (tertiary/aromatic N) is 3. The molecule has 0 atom stereocenters. The van der Waals surface area contributed by atoms with E-state index in [1.165, 1.54) is 6.33 Å². The second-order valence-corrected chi connectivity index (χ2v) is 5.00. The molecule has 110 valence electrons. The number of carbonyl (C=O) groups is 1. The van der Waals surface area contributed by atoms with Crippen LogP contribution in [0.2, 0.25) is 0 Å². The molecule has 22 heavy (non-hydrogen) atoms. The predicted molar refractivity (Wildman–Crippen MR) is 81.7 cm³/mol. The average Bonchev–Trinajstić information content (AvgIpc) is 3.01. The molecule has 0 saturated carbocycles. The van der Waals surface area contributed by atoms with Crippen LogP contribution in [0, 0.1) is 6.92 Å². The van der Waals surface area contributed by atoms with Crippen molar-refractivity contribution < 1.29 is 9.53 Å². The number of benzene rings is 2. The summed E-state index contributed by atoms with van der Waals surface area (Å²) in [5.41, 5.74) is 2.61. The molecule has 0 unspecified atom stereocenters. The Labute approximate surface area is 128 Å². The first-order chi connectivity index (χ1) is 10.7. The number of ether oxygens (including phenoxy) is 1. The average molecular weight is 293 g/mol. The van der Waals surface area contributed by atoms with Crippen molar-refractivity contribution in [2.75, 3.05) is 0 Å². The molecule has 0 bridgehead atoms. The number of esters is 1.